The second kappa shape index (κ2) is 6.34. The lowest BCUT2D eigenvalue weighted by Gasteiger charge is -2.29. The van der Waals surface area contributed by atoms with E-state index in [1.54, 1.807) is 11.3 Å². The maximum Gasteiger partial charge on any atom is 0.270 e. The molecule has 126 valence electrons. The summed E-state index contributed by atoms with van der Waals surface area (Å²) in [6.07, 6.45) is 2.81. The van der Waals surface area contributed by atoms with Crippen molar-refractivity contribution in [3.8, 4) is 0 Å². The molecular weight excluding hydrogens is 350 g/mol. The number of rotatable bonds is 4. The smallest absolute Gasteiger partial charge is 0.270 e. The van der Waals surface area contributed by atoms with Crippen LogP contribution in [0.5, 0.6) is 0 Å². The summed E-state index contributed by atoms with van der Waals surface area (Å²) in [4.78, 5) is 13.1. The highest BCUT2D eigenvalue weighted by Gasteiger charge is 2.24. The number of hydrogen-bond acceptors (Lipinski definition) is 6. The van der Waals surface area contributed by atoms with Crippen molar-refractivity contribution in [1.82, 2.24) is 0 Å². The van der Waals surface area contributed by atoms with E-state index in [2.05, 4.69) is 0 Å². The van der Waals surface area contributed by atoms with Gasteiger partial charge in [0.15, 0.2) is 0 Å². The molecule has 0 amide bonds. The molecule has 0 atom stereocenters. The van der Waals surface area contributed by atoms with Crippen LogP contribution in [0.15, 0.2) is 46.7 Å². The molecule has 0 bridgehead atoms. The zero-order chi connectivity index (χ0) is 17.3. The molecule has 0 saturated carbocycles. The van der Waals surface area contributed by atoms with Crippen molar-refractivity contribution >= 4 is 38.3 Å². The van der Waals surface area contributed by atoms with Gasteiger partial charge in [-0.25, -0.2) is 13.6 Å². The molecule has 24 heavy (non-hydrogen) atoms. The molecule has 1 aromatic carbocycles. The second-order valence-electron chi connectivity index (χ2n) is 5.36. The van der Waals surface area contributed by atoms with Crippen LogP contribution in [0.25, 0.3) is 5.57 Å². The number of nitrogens with two attached hydrogens (primary N) is 1. The quantitative estimate of drug-likeness (QED) is 0.662. The molecule has 1 aliphatic heterocycles. The number of nitro benzene ring substituents is 1. The first-order chi connectivity index (χ1) is 11.4. The van der Waals surface area contributed by atoms with Crippen molar-refractivity contribution in [3.63, 3.8) is 0 Å². The summed E-state index contributed by atoms with van der Waals surface area (Å²) in [5.41, 5.74) is 1.32. The summed E-state index contributed by atoms with van der Waals surface area (Å²) in [5.74, 6) is 0. The van der Waals surface area contributed by atoms with Gasteiger partial charge in [-0.05, 0) is 29.5 Å². The Morgan fingerprint density at radius 3 is 2.62 bits per heavy atom. The Morgan fingerprint density at radius 1 is 1.29 bits per heavy atom. The van der Waals surface area contributed by atoms with E-state index < -0.39 is 14.9 Å². The Balaban J connectivity index is 1.94. The molecule has 7 nitrogen and oxygen atoms in total. The zero-order valence-corrected chi connectivity index (χ0v) is 14.2. The second-order valence-corrected chi connectivity index (χ2v) is 7.83. The van der Waals surface area contributed by atoms with Crippen molar-refractivity contribution < 1.29 is 13.3 Å². The van der Waals surface area contributed by atoms with E-state index in [-0.39, 0.29) is 10.6 Å². The van der Waals surface area contributed by atoms with Gasteiger partial charge in [0.05, 0.1) is 10.6 Å². The molecule has 0 saturated heterocycles. The first kappa shape index (κ1) is 16.6. The van der Waals surface area contributed by atoms with Gasteiger partial charge < -0.3 is 4.90 Å². The minimum absolute atomic E-state index is 0.218. The van der Waals surface area contributed by atoms with Gasteiger partial charge in [0.2, 0.25) is 10.0 Å². The van der Waals surface area contributed by atoms with Crippen LogP contribution in [0.4, 0.5) is 11.4 Å². The summed E-state index contributed by atoms with van der Waals surface area (Å²) >= 11 is 1.66. The summed E-state index contributed by atoms with van der Waals surface area (Å²) < 4.78 is 23.7. The van der Waals surface area contributed by atoms with E-state index in [0.717, 1.165) is 12.5 Å². The SMILES string of the molecule is NS(=O)(=O)c1cc([N+](=O)[O-])ccc1N1CC=C(c2cccs2)CC1. The molecule has 2 N–H and O–H groups in total. The topological polar surface area (TPSA) is 107 Å². The summed E-state index contributed by atoms with van der Waals surface area (Å²) in [6, 6.07) is 7.80. The number of hydrogen-bond donors (Lipinski definition) is 1. The Labute approximate surface area is 143 Å². The average molecular weight is 365 g/mol. The van der Waals surface area contributed by atoms with Gasteiger partial charge in [-0.3, -0.25) is 10.1 Å². The van der Waals surface area contributed by atoms with Crippen LogP contribution in [-0.2, 0) is 10.0 Å². The number of thiophene rings is 1. The van der Waals surface area contributed by atoms with Crippen molar-refractivity contribution in [1.29, 1.82) is 0 Å². The molecule has 1 aliphatic rings. The monoisotopic (exact) mass is 365 g/mol. The van der Waals surface area contributed by atoms with Crippen molar-refractivity contribution in [2.24, 2.45) is 5.14 Å². The van der Waals surface area contributed by atoms with Gasteiger partial charge >= 0.3 is 0 Å². The summed E-state index contributed by atoms with van der Waals surface area (Å²) in [6.45, 7) is 1.14. The van der Waals surface area contributed by atoms with E-state index >= 15 is 0 Å². The minimum Gasteiger partial charge on any atom is -0.366 e. The van der Waals surface area contributed by atoms with E-state index in [1.807, 2.05) is 28.5 Å². The Kier molecular flexibility index (Phi) is 4.39. The summed E-state index contributed by atoms with van der Waals surface area (Å²) in [7, 11) is -4.06. The van der Waals surface area contributed by atoms with Gasteiger partial charge in [0.25, 0.3) is 5.69 Å². The van der Waals surface area contributed by atoms with Crippen LogP contribution >= 0.6 is 11.3 Å². The van der Waals surface area contributed by atoms with Crippen LogP contribution in [0.1, 0.15) is 11.3 Å². The normalized spacial score (nSPS) is 15.2. The first-order valence-electron chi connectivity index (χ1n) is 7.15. The number of primary sulfonamides is 1. The van der Waals surface area contributed by atoms with Gasteiger partial charge in [-0.15, -0.1) is 11.3 Å². The fourth-order valence-corrected chi connectivity index (χ4v) is 4.25. The van der Waals surface area contributed by atoms with Gasteiger partial charge in [-0.1, -0.05) is 12.1 Å². The molecule has 0 fully saturated rings. The maximum atomic E-state index is 11.8. The molecule has 0 radical (unpaired) electrons. The fraction of sp³-hybridized carbons (Fsp3) is 0.200. The number of benzene rings is 1. The third-order valence-corrected chi connectivity index (χ3v) is 5.73. The van der Waals surface area contributed by atoms with E-state index in [4.69, 9.17) is 5.14 Å². The molecule has 1 aromatic heterocycles. The van der Waals surface area contributed by atoms with Gasteiger partial charge in [0, 0.05) is 30.1 Å². The third-order valence-electron chi connectivity index (χ3n) is 3.85. The zero-order valence-electron chi connectivity index (χ0n) is 12.6. The number of anilines is 1. The number of sulfonamides is 1. The molecule has 0 unspecified atom stereocenters. The van der Waals surface area contributed by atoms with Crippen LogP contribution in [0.2, 0.25) is 0 Å². The number of non-ortho nitro benzene ring substituents is 1. The third kappa shape index (κ3) is 3.32. The predicted octanol–water partition coefficient (Wildman–Crippen LogP) is 2.60. The Morgan fingerprint density at radius 2 is 2.08 bits per heavy atom. The maximum absolute atomic E-state index is 11.8. The highest BCUT2D eigenvalue weighted by atomic mass is 32.2. The van der Waals surface area contributed by atoms with E-state index in [0.29, 0.717) is 18.8 Å². The fourth-order valence-electron chi connectivity index (χ4n) is 2.68. The largest absolute Gasteiger partial charge is 0.366 e. The van der Waals surface area contributed by atoms with Crippen molar-refractivity contribution in [3.05, 3.63) is 56.8 Å². The highest BCUT2D eigenvalue weighted by molar-refractivity contribution is 7.89. The molecule has 3 rings (SSSR count). The Hall–Kier alpha value is -2.23. The number of nitro groups is 1. The van der Waals surface area contributed by atoms with Crippen molar-refractivity contribution in [2.45, 2.75) is 11.3 Å². The standard InChI is InChI=1S/C15H15N3O4S2/c16-24(21,22)15-10-12(18(19)20)3-4-13(15)17-7-5-11(6-8-17)14-2-1-9-23-14/h1-5,9-10H,6-8H2,(H2,16,21,22). The molecule has 2 aromatic rings. The van der Waals surface area contributed by atoms with E-state index in [1.165, 1.54) is 22.6 Å². The molecule has 2 heterocycles. The van der Waals surface area contributed by atoms with Crippen LogP contribution < -0.4 is 10.0 Å². The summed E-state index contributed by atoms with van der Waals surface area (Å²) in [5, 5.41) is 18.1. The van der Waals surface area contributed by atoms with Crippen LogP contribution in [0.3, 0.4) is 0 Å². The van der Waals surface area contributed by atoms with Crippen molar-refractivity contribution in [2.75, 3.05) is 18.0 Å². The van der Waals surface area contributed by atoms with Gasteiger partial charge in [-0.2, -0.15) is 0 Å². The van der Waals surface area contributed by atoms with Crippen LogP contribution in [0, 0.1) is 10.1 Å². The molecule has 0 aliphatic carbocycles. The first-order valence-corrected chi connectivity index (χ1v) is 9.58. The lowest BCUT2D eigenvalue weighted by molar-refractivity contribution is -0.385. The molecule has 0 spiro atoms. The number of nitrogens with zero attached hydrogens (tertiary/aromatic N) is 2. The van der Waals surface area contributed by atoms with Crippen LogP contribution in [-0.4, -0.2) is 26.4 Å². The van der Waals surface area contributed by atoms with E-state index in [9.17, 15) is 18.5 Å². The minimum atomic E-state index is -4.06. The van der Waals surface area contributed by atoms with Gasteiger partial charge in [0.1, 0.15) is 4.90 Å². The molecular formula is C15H15N3O4S2. The predicted molar refractivity (Wildman–Crippen MR) is 93.6 cm³/mol. The lowest BCUT2D eigenvalue weighted by atomic mass is 10.1. The Bertz CT molecular complexity index is 905. The highest BCUT2D eigenvalue weighted by Crippen LogP contribution is 2.33. The average Bonchev–Trinajstić information content (AvgIpc) is 3.08. The lowest BCUT2D eigenvalue weighted by Crippen LogP contribution is -2.30. The molecule has 9 heteroatoms.